The number of aliphatic hydroxyl groups excluding tert-OH is 1. The Bertz CT molecular complexity index is 378. The van der Waals surface area contributed by atoms with Crippen molar-refractivity contribution in [1.82, 2.24) is 0 Å². The van der Waals surface area contributed by atoms with Gasteiger partial charge in [0.25, 0.3) is 0 Å². The van der Waals surface area contributed by atoms with Gasteiger partial charge in [-0.05, 0) is 25.1 Å². The van der Waals surface area contributed by atoms with Gasteiger partial charge in [0.1, 0.15) is 5.75 Å². The molecule has 0 radical (unpaired) electrons. The molecule has 1 aromatic carbocycles. The highest BCUT2D eigenvalue weighted by Crippen LogP contribution is 2.30. The molecule has 0 saturated carbocycles. The number of carboxylic acids is 1. The van der Waals surface area contributed by atoms with Gasteiger partial charge in [0, 0.05) is 10.6 Å². The largest absolute Gasteiger partial charge is 0.493 e. The monoisotopic (exact) mass is 244 g/mol. The fourth-order valence-corrected chi connectivity index (χ4v) is 1.52. The first-order valence-electron chi connectivity index (χ1n) is 4.86. The number of benzene rings is 1. The van der Waals surface area contributed by atoms with Crippen molar-refractivity contribution < 1.29 is 19.7 Å². The molecule has 0 aromatic heterocycles. The fourth-order valence-electron chi connectivity index (χ4n) is 1.34. The minimum atomic E-state index is -1.11. The van der Waals surface area contributed by atoms with E-state index in [1.165, 1.54) is 6.07 Å². The van der Waals surface area contributed by atoms with Crippen LogP contribution in [-0.4, -0.2) is 22.8 Å². The first kappa shape index (κ1) is 12.8. The molecule has 0 aliphatic heterocycles. The van der Waals surface area contributed by atoms with E-state index in [1.54, 1.807) is 12.1 Å². The Morgan fingerprint density at radius 2 is 2.25 bits per heavy atom. The maximum absolute atomic E-state index is 10.5. The average Bonchev–Trinajstić information content (AvgIpc) is 2.20. The summed E-state index contributed by atoms with van der Waals surface area (Å²) in [4.78, 5) is 10.5. The standard InChI is InChI=1S/C11H13ClO4/c1-2-16-10-4-3-7(12)5-8(10)9(13)6-11(14)15/h3-5,9,13H,2,6H2,1H3,(H,14,15)/t9-/m1/s1. The third kappa shape index (κ3) is 3.40. The number of aliphatic hydroxyl groups is 1. The number of carboxylic acid groups (broad SMARTS) is 1. The Labute approximate surface area is 98.4 Å². The lowest BCUT2D eigenvalue weighted by Crippen LogP contribution is -2.07. The van der Waals surface area contributed by atoms with Crippen LogP contribution in [0.15, 0.2) is 18.2 Å². The van der Waals surface area contributed by atoms with Crippen LogP contribution < -0.4 is 4.74 Å². The van der Waals surface area contributed by atoms with Crippen molar-refractivity contribution in [3.8, 4) is 5.75 Å². The third-order valence-electron chi connectivity index (χ3n) is 2.00. The molecule has 4 nitrogen and oxygen atoms in total. The summed E-state index contributed by atoms with van der Waals surface area (Å²) in [6, 6.07) is 4.76. The number of aliphatic carboxylic acids is 1. The van der Waals surface area contributed by atoms with Crippen molar-refractivity contribution in [3.05, 3.63) is 28.8 Å². The summed E-state index contributed by atoms with van der Waals surface area (Å²) in [5.74, 6) is -0.615. The van der Waals surface area contributed by atoms with Crippen LogP contribution in [0.4, 0.5) is 0 Å². The van der Waals surface area contributed by atoms with Crippen LogP contribution in [0.2, 0.25) is 5.02 Å². The summed E-state index contributed by atoms with van der Waals surface area (Å²) in [5.41, 5.74) is 0.400. The van der Waals surface area contributed by atoms with Crippen LogP contribution in [0.25, 0.3) is 0 Å². The predicted octanol–water partition coefficient (Wildman–Crippen LogP) is 2.25. The lowest BCUT2D eigenvalue weighted by molar-refractivity contribution is -0.139. The van der Waals surface area contributed by atoms with E-state index in [0.29, 0.717) is 22.9 Å². The van der Waals surface area contributed by atoms with E-state index >= 15 is 0 Å². The highest BCUT2D eigenvalue weighted by molar-refractivity contribution is 6.30. The van der Waals surface area contributed by atoms with Gasteiger partial charge in [-0.25, -0.2) is 0 Å². The van der Waals surface area contributed by atoms with Crippen LogP contribution in [0, 0.1) is 0 Å². The van der Waals surface area contributed by atoms with Crippen LogP contribution in [0.5, 0.6) is 5.75 Å². The van der Waals surface area contributed by atoms with Gasteiger partial charge < -0.3 is 14.9 Å². The molecule has 1 aromatic rings. The zero-order valence-electron chi connectivity index (χ0n) is 8.81. The topological polar surface area (TPSA) is 66.8 Å². The summed E-state index contributed by atoms with van der Waals surface area (Å²) in [7, 11) is 0. The van der Waals surface area contributed by atoms with Crippen molar-refractivity contribution in [2.24, 2.45) is 0 Å². The van der Waals surface area contributed by atoms with E-state index < -0.39 is 12.1 Å². The molecule has 0 spiro atoms. The van der Waals surface area contributed by atoms with Gasteiger partial charge in [0.2, 0.25) is 0 Å². The molecule has 1 atom stereocenters. The quantitative estimate of drug-likeness (QED) is 0.834. The molecule has 16 heavy (non-hydrogen) atoms. The van der Waals surface area contributed by atoms with E-state index in [2.05, 4.69) is 0 Å². The lowest BCUT2D eigenvalue weighted by atomic mass is 10.1. The van der Waals surface area contributed by atoms with Gasteiger partial charge in [0.05, 0.1) is 19.1 Å². The predicted molar refractivity (Wildman–Crippen MR) is 59.8 cm³/mol. The second kappa shape index (κ2) is 5.72. The lowest BCUT2D eigenvalue weighted by Gasteiger charge is -2.14. The molecule has 88 valence electrons. The zero-order chi connectivity index (χ0) is 12.1. The highest BCUT2D eigenvalue weighted by Gasteiger charge is 2.17. The molecule has 0 fully saturated rings. The van der Waals surface area contributed by atoms with Gasteiger partial charge in [0.15, 0.2) is 0 Å². The van der Waals surface area contributed by atoms with Gasteiger partial charge >= 0.3 is 5.97 Å². The molecule has 0 saturated heterocycles. The van der Waals surface area contributed by atoms with Crippen LogP contribution >= 0.6 is 11.6 Å². The molecular formula is C11H13ClO4. The number of hydrogen-bond acceptors (Lipinski definition) is 3. The minimum absolute atomic E-state index is 0.375. The van der Waals surface area contributed by atoms with Crippen molar-refractivity contribution in [2.75, 3.05) is 6.61 Å². The maximum atomic E-state index is 10.5. The van der Waals surface area contributed by atoms with Gasteiger partial charge in [-0.2, -0.15) is 0 Å². The molecule has 5 heteroatoms. The molecule has 0 unspecified atom stereocenters. The average molecular weight is 245 g/mol. The van der Waals surface area contributed by atoms with E-state index in [-0.39, 0.29) is 6.42 Å². The molecule has 0 bridgehead atoms. The maximum Gasteiger partial charge on any atom is 0.306 e. The smallest absolute Gasteiger partial charge is 0.306 e. The summed E-state index contributed by atoms with van der Waals surface area (Å²) in [5, 5.41) is 18.7. The van der Waals surface area contributed by atoms with Gasteiger partial charge in [-0.3, -0.25) is 4.79 Å². The van der Waals surface area contributed by atoms with E-state index in [9.17, 15) is 9.90 Å². The number of halogens is 1. The second-order valence-electron chi connectivity index (χ2n) is 3.23. The first-order chi connectivity index (χ1) is 7.54. The van der Waals surface area contributed by atoms with Crippen molar-refractivity contribution >= 4 is 17.6 Å². The Balaban J connectivity index is 2.98. The number of hydrogen-bond donors (Lipinski definition) is 2. The third-order valence-corrected chi connectivity index (χ3v) is 2.23. The number of carbonyl (C=O) groups is 1. The van der Waals surface area contributed by atoms with Crippen molar-refractivity contribution in [3.63, 3.8) is 0 Å². The van der Waals surface area contributed by atoms with E-state index in [0.717, 1.165) is 0 Å². The Morgan fingerprint density at radius 1 is 1.56 bits per heavy atom. The summed E-state index contributed by atoms with van der Waals surface area (Å²) < 4.78 is 5.28. The summed E-state index contributed by atoms with van der Waals surface area (Å²) in [6.45, 7) is 2.25. The van der Waals surface area contributed by atoms with E-state index in [4.69, 9.17) is 21.4 Å². The Morgan fingerprint density at radius 3 is 2.81 bits per heavy atom. The normalized spacial score (nSPS) is 12.2. The molecule has 1 rings (SSSR count). The summed E-state index contributed by atoms with van der Waals surface area (Å²) >= 11 is 5.78. The molecule has 0 amide bonds. The Hall–Kier alpha value is -1.26. The van der Waals surface area contributed by atoms with Crippen LogP contribution in [0.1, 0.15) is 25.0 Å². The zero-order valence-corrected chi connectivity index (χ0v) is 9.57. The summed E-state index contributed by atoms with van der Waals surface area (Å²) in [6.07, 6.45) is -1.49. The van der Waals surface area contributed by atoms with Crippen LogP contribution in [-0.2, 0) is 4.79 Å². The molecule has 0 aliphatic rings. The molecule has 0 aliphatic carbocycles. The SMILES string of the molecule is CCOc1ccc(Cl)cc1[C@H](O)CC(=O)O. The van der Waals surface area contributed by atoms with Crippen molar-refractivity contribution in [2.45, 2.75) is 19.4 Å². The van der Waals surface area contributed by atoms with Gasteiger partial charge in [-0.15, -0.1) is 0 Å². The number of ether oxygens (including phenoxy) is 1. The van der Waals surface area contributed by atoms with Crippen molar-refractivity contribution in [1.29, 1.82) is 0 Å². The Kier molecular flexibility index (Phi) is 4.58. The van der Waals surface area contributed by atoms with Gasteiger partial charge in [-0.1, -0.05) is 11.6 Å². The minimum Gasteiger partial charge on any atom is -0.493 e. The van der Waals surface area contributed by atoms with Crippen LogP contribution in [0.3, 0.4) is 0 Å². The molecule has 2 N–H and O–H groups in total. The number of rotatable bonds is 5. The highest BCUT2D eigenvalue weighted by atomic mass is 35.5. The molecule has 0 heterocycles. The second-order valence-corrected chi connectivity index (χ2v) is 3.67. The first-order valence-corrected chi connectivity index (χ1v) is 5.24. The van der Waals surface area contributed by atoms with E-state index in [1.807, 2.05) is 6.92 Å². The fraction of sp³-hybridized carbons (Fsp3) is 0.364. The molecular weight excluding hydrogens is 232 g/mol.